The molecule has 0 saturated carbocycles. The molecule has 0 heterocycles. The molecule has 0 unspecified atom stereocenters. The quantitative estimate of drug-likeness (QED) is 0.0924. The van der Waals surface area contributed by atoms with Gasteiger partial charge in [-0.25, -0.2) is 0 Å². The number of carboxylic acid groups (broad SMARTS) is 3. The molecule has 0 aliphatic carbocycles. The molecule has 0 atom stereocenters. The molecule has 0 aliphatic heterocycles. The second-order valence-corrected chi connectivity index (χ2v) is 30.7. The smallest absolute Gasteiger partial charge is 0.144 e. The molecule has 0 aromatic heterocycles. The Balaban J connectivity index is 0.000000143. The van der Waals surface area contributed by atoms with Crippen LogP contribution in [0.3, 0.4) is 0 Å². The van der Waals surface area contributed by atoms with Crippen LogP contribution >= 0.6 is 21.8 Å². The predicted molar refractivity (Wildman–Crippen MR) is 363 cm³/mol. The van der Waals surface area contributed by atoms with E-state index in [1.54, 1.807) is 0 Å². The van der Waals surface area contributed by atoms with Crippen molar-refractivity contribution < 1.29 is 34.8 Å². The van der Waals surface area contributed by atoms with Crippen LogP contribution in [0.15, 0.2) is 364 Å². The third-order valence-corrected chi connectivity index (χ3v) is 27.8. The van der Waals surface area contributed by atoms with Crippen LogP contribution in [-0.2, 0) is 14.4 Å². The molecule has 0 aliphatic rings. The molecule has 0 fully saturated rings. The molecule has 10 heteroatoms. The van der Waals surface area contributed by atoms with Crippen LogP contribution in [0.1, 0.15) is 12.8 Å². The lowest BCUT2D eigenvalue weighted by Gasteiger charge is -2.29. The van der Waals surface area contributed by atoms with E-state index in [9.17, 15) is 29.7 Å². The van der Waals surface area contributed by atoms with Crippen molar-refractivity contribution in [3.63, 3.8) is 0 Å². The van der Waals surface area contributed by atoms with Gasteiger partial charge in [0.2, 0.25) is 0 Å². The third-order valence-electron chi connectivity index (χ3n) is 15.0. The Morgan fingerprint density at radius 3 is 0.409 bits per heavy atom. The van der Waals surface area contributed by atoms with Crippen LogP contribution in [0.25, 0.3) is 0 Å². The molecule has 0 saturated heterocycles. The van der Waals surface area contributed by atoms with E-state index in [2.05, 4.69) is 364 Å². The van der Waals surface area contributed by atoms with Crippen molar-refractivity contribution in [1.29, 1.82) is 0 Å². The molecular weight excluding hydrogens is 1140 g/mol. The second kappa shape index (κ2) is 30.6. The van der Waals surface area contributed by atoms with E-state index in [0.717, 1.165) is 0 Å². The highest BCUT2D eigenvalue weighted by Gasteiger charge is 2.50. The van der Waals surface area contributed by atoms with E-state index in [1.165, 1.54) is 63.7 Å². The highest BCUT2D eigenvalue weighted by atomic mass is 31.2. The zero-order valence-electron chi connectivity index (χ0n) is 48.3. The van der Waals surface area contributed by atoms with Crippen molar-refractivity contribution in [1.82, 2.24) is 0 Å². The van der Waals surface area contributed by atoms with E-state index in [0.29, 0.717) is 0 Å². The first-order valence-electron chi connectivity index (χ1n) is 28.7. The van der Waals surface area contributed by atoms with Crippen LogP contribution in [0.5, 0.6) is 0 Å². The van der Waals surface area contributed by atoms with Crippen LogP contribution < -0.4 is 79.0 Å². The molecule has 12 aromatic rings. The van der Waals surface area contributed by atoms with E-state index < -0.39 is 58.1 Å². The number of hydrogen-bond donors (Lipinski definition) is 1. The standard InChI is InChI=1S/3C24H20P.C6H8O7/c3*1-5-13-21(14-6-1)25(22-15-7-2-8-16-22,23-17-9-3-10-18-23)24-19-11-4-12-20-24;7-3(8)1-6(13,5(11)12)2-4(9)10/h3*1-20H;13H,1-2H2,(H,7,8)(H,9,10)(H,11,12)/q3*+1;/p-3. The number of carboxylic acids is 3. The van der Waals surface area contributed by atoms with Crippen molar-refractivity contribution >= 4 is 103 Å². The van der Waals surface area contributed by atoms with Gasteiger partial charge in [0.1, 0.15) is 91.0 Å². The third kappa shape index (κ3) is 14.2. The van der Waals surface area contributed by atoms with Gasteiger partial charge >= 0.3 is 0 Å². The Morgan fingerprint density at radius 1 is 0.227 bits per heavy atom. The molecule has 0 amide bonds. The van der Waals surface area contributed by atoms with Crippen molar-refractivity contribution in [2.45, 2.75) is 18.4 Å². The van der Waals surface area contributed by atoms with E-state index in [4.69, 9.17) is 5.11 Å². The summed E-state index contributed by atoms with van der Waals surface area (Å²) < 4.78 is 0. The number of rotatable bonds is 17. The van der Waals surface area contributed by atoms with Crippen molar-refractivity contribution in [2.75, 3.05) is 0 Å². The lowest BCUT2D eigenvalue weighted by atomic mass is 9.96. The Labute approximate surface area is 517 Å². The van der Waals surface area contributed by atoms with E-state index in [1.807, 2.05) is 0 Å². The fourth-order valence-corrected chi connectivity index (χ4v) is 24.0. The number of benzene rings is 12. The summed E-state index contributed by atoms with van der Waals surface area (Å²) in [5.74, 6) is -5.98. The van der Waals surface area contributed by atoms with Gasteiger partial charge in [0.15, 0.2) is 0 Å². The molecule has 0 radical (unpaired) electrons. The minimum atomic E-state index is -2.97. The van der Waals surface area contributed by atoms with Crippen molar-refractivity contribution in [2.24, 2.45) is 0 Å². The summed E-state index contributed by atoms with van der Waals surface area (Å²) in [7, 11) is -5.72. The largest absolute Gasteiger partial charge is 0.550 e. The summed E-state index contributed by atoms with van der Waals surface area (Å²) in [5.41, 5.74) is -2.97. The monoisotopic (exact) mass is 1210 g/mol. The molecule has 88 heavy (non-hydrogen) atoms. The number of carbonyl (C=O) groups is 3. The second-order valence-electron chi connectivity index (χ2n) is 20.5. The molecule has 0 bridgehead atoms. The van der Waals surface area contributed by atoms with Gasteiger partial charge < -0.3 is 34.8 Å². The molecule has 1 N–H and O–H groups in total. The summed E-state index contributed by atoms with van der Waals surface area (Å²) in [6, 6.07) is 131. The number of hydrogen-bond acceptors (Lipinski definition) is 7. The number of carbonyl (C=O) groups excluding carboxylic acids is 3. The number of aliphatic carboxylic acids is 3. The Morgan fingerprint density at radius 2 is 0.330 bits per heavy atom. The zero-order chi connectivity index (χ0) is 61.5. The Bertz CT molecular complexity index is 3140. The maximum absolute atomic E-state index is 10.1. The SMILES string of the molecule is O=C([O-])CC(O)(CC(=O)[O-])C(=O)[O-].c1ccc([P+](c2ccccc2)(c2ccccc2)c2ccccc2)cc1.c1ccc([P+](c2ccccc2)(c2ccccc2)c2ccccc2)cc1.c1ccc([P+](c2ccccc2)(c2ccccc2)c2ccccc2)cc1. The van der Waals surface area contributed by atoms with Gasteiger partial charge in [0.25, 0.3) is 0 Å². The summed E-state index contributed by atoms with van der Waals surface area (Å²) in [6.07, 6.45) is -2.72. The molecule has 12 aromatic carbocycles. The van der Waals surface area contributed by atoms with Gasteiger partial charge in [-0.1, -0.05) is 218 Å². The summed E-state index contributed by atoms with van der Waals surface area (Å²) in [6.45, 7) is 0. The molecule has 7 nitrogen and oxygen atoms in total. The lowest BCUT2D eigenvalue weighted by molar-refractivity contribution is -0.339. The van der Waals surface area contributed by atoms with Gasteiger partial charge in [-0.05, 0) is 146 Å². The minimum Gasteiger partial charge on any atom is -0.550 e. The summed E-state index contributed by atoms with van der Waals surface area (Å²) in [5, 5.41) is 55.6. The van der Waals surface area contributed by atoms with Crippen molar-refractivity contribution in [3.05, 3.63) is 364 Å². The Kier molecular flexibility index (Phi) is 21.8. The summed E-state index contributed by atoms with van der Waals surface area (Å²) in [4.78, 5) is 30.0. The molecule has 434 valence electrons. The van der Waals surface area contributed by atoms with Gasteiger partial charge in [-0.2, -0.15) is 0 Å². The summed E-state index contributed by atoms with van der Waals surface area (Å²) >= 11 is 0. The first kappa shape index (κ1) is 62.8. The average molecular weight is 1210 g/mol. The maximum Gasteiger partial charge on any atom is 0.144 e. The maximum atomic E-state index is 10.1. The van der Waals surface area contributed by atoms with Gasteiger partial charge in [0.05, 0.1) is 5.97 Å². The highest BCUT2D eigenvalue weighted by molar-refractivity contribution is 8.02. The first-order chi connectivity index (χ1) is 43.0. The molecule has 12 rings (SSSR count). The average Bonchev–Trinajstić information content (AvgIpc) is 0.933. The predicted octanol–water partition coefficient (Wildman–Crippen LogP) is 7.67. The van der Waals surface area contributed by atoms with Gasteiger partial charge in [-0.3, -0.25) is 0 Å². The first-order valence-corrected chi connectivity index (χ1v) is 34.1. The lowest BCUT2D eigenvalue weighted by Crippen LogP contribution is -2.54. The normalized spacial score (nSPS) is 11.1. The zero-order valence-corrected chi connectivity index (χ0v) is 51.0. The van der Waals surface area contributed by atoms with Crippen LogP contribution in [0.4, 0.5) is 0 Å². The van der Waals surface area contributed by atoms with Gasteiger partial charge in [-0.15, -0.1) is 0 Å². The minimum absolute atomic E-state index is 1.36. The van der Waals surface area contributed by atoms with Crippen LogP contribution in [0, 0.1) is 0 Å². The molecular formula is C78H65O7P3. The van der Waals surface area contributed by atoms with Crippen LogP contribution in [-0.4, -0.2) is 28.6 Å². The Hall–Kier alpha value is -9.70. The fraction of sp³-hybridized carbons (Fsp3) is 0.0385. The van der Waals surface area contributed by atoms with Crippen LogP contribution in [0.2, 0.25) is 0 Å². The van der Waals surface area contributed by atoms with E-state index >= 15 is 0 Å². The highest BCUT2D eigenvalue weighted by Crippen LogP contribution is 2.56. The fourth-order valence-electron chi connectivity index (χ4n) is 11.2. The van der Waals surface area contributed by atoms with Crippen molar-refractivity contribution in [3.8, 4) is 0 Å². The number of aliphatic hydroxyl groups is 1. The van der Waals surface area contributed by atoms with E-state index in [-0.39, 0.29) is 0 Å². The topological polar surface area (TPSA) is 141 Å². The van der Waals surface area contributed by atoms with Gasteiger partial charge in [0, 0.05) is 24.8 Å². The molecule has 0 spiro atoms.